The van der Waals surface area contributed by atoms with Crippen molar-refractivity contribution in [3.63, 3.8) is 0 Å². The van der Waals surface area contributed by atoms with Crippen LogP contribution in [-0.4, -0.2) is 35.0 Å². The molecule has 0 aromatic heterocycles. The van der Waals surface area contributed by atoms with Gasteiger partial charge >= 0.3 is 5.97 Å². The lowest BCUT2D eigenvalue weighted by atomic mass is 9.88. The summed E-state index contributed by atoms with van der Waals surface area (Å²) >= 11 is 0. The first-order chi connectivity index (χ1) is 13.4. The van der Waals surface area contributed by atoms with E-state index in [2.05, 4.69) is 0 Å². The summed E-state index contributed by atoms with van der Waals surface area (Å²) in [6.07, 6.45) is 2.84. The maximum absolute atomic E-state index is 13.4. The number of piperidine rings is 1. The van der Waals surface area contributed by atoms with Crippen molar-refractivity contribution in [1.29, 1.82) is 0 Å². The summed E-state index contributed by atoms with van der Waals surface area (Å²) in [5.41, 5.74) is 2.07. The second-order valence-electron chi connectivity index (χ2n) is 7.65. The quantitative estimate of drug-likeness (QED) is 0.799. The monoisotopic (exact) mass is 383 g/mol. The molecule has 1 fully saturated rings. The Hall–Kier alpha value is -2.69. The Bertz CT molecular complexity index is 843. The molecule has 2 aromatic carbocycles. The second kappa shape index (κ2) is 9.00. The van der Waals surface area contributed by atoms with Crippen molar-refractivity contribution in [3.8, 4) is 0 Å². The van der Waals surface area contributed by atoms with Gasteiger partial charge < -0.3 is 10.0 Å². The number of hydrogen-bond donors (Lipinski definition) is 1. The van der Waals surface area contributed by atoms with Crippen LogP contribution in [0.1, 0.15) is 53.6 Å². The van der Waals surface area contributed by atoms with Crippen LogP contribution in [0, 0.1) is 11.7 Å². The molecule has 0 spiro atoms. The van der Waals surface area contributed by atoms with Crippen molar-refractivity contribution < 1.29 is 19.1 Å². The van der Waals surface area contributed by atoms with Gasteiger partial charge in [-0.3, -0.25) is 4.79 Å². The van der Waals surface area contributed by atoms with Gasteiger partial charge in [-0.1, -0.05) is 37.3 Å². The fourth-order valence-electron chi connectivity index (χ4n) is 3.93. The average molecular weight is 383 g/mol. The van der Waals surface area contributed by atoms with E-state index in [0.717, 1.165) is 30.4 Å². The van der Waals surface area contributed by atoms with Crippen LogP contribution in [0.3, 0.4) is 0 Å². The van der Waals surface area contributed by atoms with Gasteiger partial charge in [0, 0.05) is 19.5 Å². The minimum absolute atomic E-state index is 0.0247. The molecular formula is C23H26FNO3. The van der Waals surface area contributed by atoms with E-state index in [1.807, 2.05) is 30.0 Å². The normalized spacial score (nSPS) is 16.0. The van der Waals surface area contributed by atoms with E-state index in [9.17, 15) is 19.1 Å². The molecule has 0 aliphatic carbocycles. The molecule has 1 N–H and O–H groups in total. The van der Waals surface area contributed by atoms with Gasteiger partial charge in [0.15, 0.2) is 0 Å². The first kappa shape index (κ1) is 20.1. The van der Waals surface area contributed by atoms with Gasteiger partial charge in [0.1, 0.15) is 5.82 Å². The lowest BCUT2D eigenvalue weighted by Gasteiger charge is -2.33. The van der Waals surface area contributed by atoms with Gasteiger partial charge in [-0.25, -0.2) is 9.18 Å². The topological polar surface area (TPSA) is 57.6 Å². The number of nitrogens with zero attached hydrogens (tertiary/aromatic N) is 1. The van der Waals surface area contributed by atoms with Crippen LogP contribution in [0.15, 0.2) is 48.5 Å². The molecule has 0 radical (unpaired) electrons. The summed E-state index contributed by atoms with van der Waals surface area (Å²) < 4.78 is 13.4. The fraction of sp³-hybridized carbons (Fsp3) is 0.391. The zero-order valence-corrected chi connectivity index (χ0v) is 16.1. The van der Waals surface area contributed by atoms with Gasteiger partial charge in [-0.05, 0) is 60.4 Å². The van der Waals surface area contributed by atoms with Crippen molar-refractivity contribution in [1.82, 2.24) is 4.90 Å². The van der Waals surface area contributed by atoms with E-state index in [4.69, 9.17) is 0 Å². The van der Waals surface area contributed by atoms with Crippen LogP contribution in [-0.2, 0) is 11.2 Å². The Morgan fingerprint density at radius 1 is 1.14 bits per heavy atom. The minimum atomic E-state index is -0.894. The Balaban J connectivity index is 1.52. The Kier molecular flexibility index (Phi) is 6.45. The predicted octanol–water partition coefficient (Wildman–Crippen LogP) is 4.50. The van der Waals surface area contributed by atoms with Crippen LogP contribution >= 0.6 is 0 Å². The van der Waals surface area contributed by atoms with Crippen molar-refractivity contribution in [2.75, 3.05) is 13.1 Å². The SMILES string of the molecule is CC(CC(=O)N1CCC(Cc2ccccc2C(=O)O)CC1)c1cccc(F)c1. The van der Waals surface area contributed by atoms with Crippen molar-refractivity contribution in [2.24, 2.45) is 5.92 Å². The zero-order chi connectivity index (χ0) is 20.1. The molecule has 2 aromatic rings. The first-order valence-corrected chi connectivity index (χ1v) is 9.78. The molecule has 0 bridgehead atoms. The number of carboxylic acid groups (broad SMARTS) is 1. The third-order valence-corrected chi connectivity index (χ3v) is 5.62. The lowest BCUT2D eigenvalue weighted by molar-refractivity contribution is -0.132. The largest absolute Gasteiger partial charge is 0.478 e. The number of carbonyl (C=O) groups excluding carboxylic acids is 1. The summed E-state index contributed by atoms with van der Waals surface area (Å²) in [6.45, 7) is 3.32. The lowest BCUT2D eigenvalue weighted by Crippen LogP contribution is -2.39. The van der Waals surface area contributed by atoms with E-state index in [-0.39, 0.29) is 17.6 Å². The highest BCUT2D eigenvalue weighted by atomic mass is 19.1. The second-order valence-corrected chi connectivity index (χ2v) is 7.65. The molecule has 3 rings (SSSR count). The number of amides is 1. The average Bonchev–Trinajstić information content (AvgIpc) is 2.68. The third kappa shape index (κ3) is 4.97. The molecule has 1 unspecified atom stereocenters. The highest BCUT2D eigenvalue weighted by molar-refractivity contribution is 5.89. The van der Waals surface area contributed by atoms with Gasteiger partial charge in [0.2, 0.25) is 5.91 Å². The maximum atomic E-state index is 13.4. The molecule has 1 saturated heterocycles. The predicted molar refractivity (Wildman–Crippen MR) is 106 cm³/mol. The number of halogens is 1. The molecule has 28 heavy (non-hydrogen) atoms. The van der Waals surface area contributed by atoms with Crippen LogP contribution in [0.5, 0.6) is 0 Å². The summed E-state index contributed by atoms with van der Waals surface area (Å²) in [7, 11) is 0. The molecular weight excluding hydrogens is 357 g/mol. The van der Waals surface area contributed by atoms with E-state index in [0.29, 0.717) is 31.0 Å². The summed E-state index contributed by atoms with van der Waals surface area (Å²) in [5, 5.41) is 9.33. The van der Waals surface area contributed by atoms with Crippen LogP contribution < -0.4 is 0 Å². The zero-order valence-electron chi connectivity index (χ0n) is 16.1. The van der Waals surface area contributed by atoms with Gasteiger partial charge in [0.25, 0.3) is 0 Å². The Labute approximate surface area is 165 Å². The Morgan fingerprint density at radius 2 is 1.86 bits per heavy atom. The number of benzene rings is 2. The molecule has 148 valence electrons. The smallest absolute Gasteiger partial charge is 0.335 e. The maximum Gasteiger partial charge on any atom is 0.335 e. The van der Waals surface area contributed by atoms with Crippen LogP contribution in [0.4, 0.5) is 4.39 Å². The van der Waals surface area contributed by atoms with E-state index >= 15 is 0 Å². The van der Waals surface area contributed by atoms with Crippen molar-refractivity contribution >= 4 is 11.9 Å². The van der Waals surface area contributed by atoms with E-state index < -0.39 is 5.97 Å². The third-order valence-electron chi connectivity index (χ3n) is 5.62. The molecule has 1 aliphatic rings. The number of carbonyl (C=O) groups is 2. The standard InChI is InChI=1S/C23H26FNO3/c1-16(18-6-4-7-20(24)15-18)13-22(26)25-11-9-17(10-12-25)14-19-5-2-3-8-21(19)23(27)28/h2-8,15-17H,9-14H2,1H3,(H,27,28). The number of carboxylic acids is 1. The number of rotatable bonds is 6. The number of hydrogen-bond acceptors (Lipinski definition) is 2. The van der Waals surface area contributed by atoms with Gasteiger partial charge in [-0.2, -0.15) is 0 Å². The molecule has 1 atom stereocenters. The molecule has 1 heterocycles. The molecule has 4 nitrogen and oxygen atoms in total. The summed E-state index contributed by atoms with van der Waals surface area (Å²) in [4.78, 5) is 25.9. The summed E-state index contributed by atoms with van der Waals surface area (Å²) in [6, 6.07) is 13.6. The van der Waals surface area contributed by atoms with Crippen LogP contribution in [0.2, 0.25) is 0 Å². The Morgan fingerprint density at radius 3 is 2.54 bits per heavy atom. The molecule has 1 amide bonds. The molecule has 0 saturated carbocycles. The number of aromatic carboxylic acids is 1. The highest BCUT2D eigenvalue weighted by Gasteiger charge is 2.25. The van der Waals surface area contributed by atoms with Gasteiger partial charge in [0.05, 0.1) is 5.56 Å². The molecule has 5 heteroatoms. The van der Waals surface area contributed by atoms with E-state index in [1.54, 1.807) is 18.2 Å². The fourth-order valence-corrected chi connectivity index (χ4v) is 3.93. The van der Waals surface area contributed by atoms with Crippen molar-refractivity contribution in [3.05, 3.63) is 71.0 Å². The molecule has 1 aliphatic heterocycles. The van der Waals surface area contributed by atoms with Gasteiger partial charge in [-0.15, -0.1) is 0 Å². The highest BCUT2D eigenvalue weighted by Crippen LogP contribution is 2.26. The first-order valence-electron chi connectivity index (χ1n) is 9.78. The van der Waals surface area contributed by atoms with E-state index in [1.165, 1.54) is 12.1 Å². The minimum Gasteiger partial charge on any atom is -0.478 e. The summed E-state index contributed by atoms with van der Waals surface area (Å²) in [5.74, 6) is -0.719. The van der Waals surface area contributed by atoms with Crippen LogP contribution in [0.25, 0.3) is 0 Å². The van der Waals surface area contributed by atoms with Crippen molar-refractivity contribution in [2.45, 2.75) is 38.5 Å². The number of likely N-dealkylation sites (tertiary alicyclic amines) is 1.